The largest absolute Gasteiger partial charge is 0.458 e. The van der Waals surface area contributed by atoms with E-state index >= 15 is 0 Å². The third-order valence-electron chi connectivity index (χ3n) is 7.12. The predicted octanol–water partition coefficient (Wildman–Crippen LogP) is 5.71. The van der Waals surface area contributed by atoms with Crippen LogP contribution in [0.5, 0.6) is 0 Å². The summed E-state index contributed by atoms with van der Waals surface area (Å²) in [5.41, 5.74) is 0.159. The van der Waals surface area contributed by atoms with Crippen LogP contribution < -0.4 is 10.6 Å². The number of esters is 1. The van der Waals surface area contributed by atoms with Crippen molar-refractivity contribution in [3.8, 4) is 12.3 Å². The number of hydrogen-bond donors (Lipinski definition) is 2. The first-order valence-electron chi connectivity index (χ1n) is 15.9. The van der Waals surface area contributed by atoms with Crippen LogP contribution in [0.25, 0.3) is 0 Å². The average Bonchev–Trinajstić information content (AvgIpc) is 3.78. The van der Waals surface area contributed by atoms with E-state index in [1.54, 1.807) is 65.8 Å². The lowest BCUT2D eigenvalue weighted by molar-refractivity contribution is -0.159. The number of ether oxygens (including phenoxy) is 2. The Morgan fingerprint density at radius 1 is 0.870 bits per heavy atom. The summed E-state index contributed by atoms with van der Waals surface area (Å²) in [6.45, 7) is 14.4. The molecule has 46 heavy (non-hydrogen) atoms. The van der Waals surface area contributed by atoms with Gasteiger partial charge in [0.2, 0.25) is 11.8 Å². The summed E-state index contributed by atoms with van der Waals surface area (Å²) in [5, 5.41) is 5.68. The minimum atomic E-state index is -1.18. The number of benzene rings is 2. The number of terminal acetylenes is 1. The quantitative estimate of drug-likeness (QED) is 0.229. The zero-order chi connectivity index (χ0) is 34.2. The van der Waals surface area contributed by atoms with Gasteiger partial charge in [-0.1, -0.05) is 68.3 Å². The van der Waals surface area contributed by atoms with Gasteiger partial charge >= 0.3 is 12.1 Å². The molecule has 0 spiro atoms. The van der Waals surface area contributed by atoms with Gasteiger partial charge in [-0.15, -0.1) is 6.42 Å². The molecule has 3 rings (SSSR count). The fraction of sp³-hybridized carbons (Fsp3) is 0.514. The minimum absolute atomic E-state index is 0.0395. The van der Waals surface area contributed by atoms with Gasteiger partial charge in [0.1, 0.15) is 29.3 Å². The van der Waals surface area contributed by atoms with Crippen LogP contribution >= 0.6 is 0 Å². The molecule has 1 fully saturated rings. The Labute approximate surface area is 273 Å². The summed E-state index contributed by atoms with van der Waals surface area (Å²) >= 11 is 0. The second kappa shape index (κ2) is 15.3. The molecular weight excluding hydrogens is 582 g/mol. The summed E-state index contributed by atoms with van der Waals surface area (Å²) in [4.78, 5) is 56.9. The number of carbonyl (C=O) groups is 4. The van der Waals surface area contributed by atoms with E-state index in [0.717, 1.165) is 5.56 Å². The van der Waals surface area contributed by atoms with Crippen molar-refractivity contribution in [1.82, 2.24) is 15.5 Å². The van der Waals surface area contributed by atoms with Crippen molar-refractivity contribution in [2.24, 2.45) is 5.92 Å². The highest BCUT2D eigenvalue weighted by atomic mass is 16.6. The molecule has 3 atom stereocenters. The van der Waals surface area contributed by atoms with E-state index in [9.17, 15) is 19.2 Å². The lowest BCUT2D eigenvalue weighted by Crippen LogP contribution is -2.56. The van der Waals surface area contributed by atoms with E-state index in [1.807, 2.05) is 44.2 Å². The Morgan fingerprint density at radius 2 is 1.46 bits per heavy atom. The Hall–Kier alpha value is -4.32. The lowest BCUT2D eigenvalue weighted by Gasteiger charge is -2.36. The highest BCUT2D eigenvalue weighted by Gasteiger charge is 2.45. The molecule has 0 radical (unpaired) electrons. The monoisotopic (exact) mass is 631 g/mol. The number of hydrogen-bond acceptors (Lipinski definition) is 6. The van der Waals surface area contributed by atoms with Crippen LogP contribution in [-0.2, 0) is 30.3 Å². The van der Waals surface area contributed by atoms with Crippen molar-refractivity contribution < 1.29 is 28.7 Å². The molecule has 0 heterocycles. The fourth-order valence-electron chi connectivity index (χ4n) is 5.14. The van der Waals surface area contributed by atoms with Crippen molar-refractivity contribution in [3.05, 3.63) is 71.3 Å². The first-order chi connectivity index (χ1) is 21.5. The Morgan fingerprint density at radius 3 is 2.00 bits per heavy atom. The highest BCUT2D eigenvalue weighted by molar-refractivity contribution is 5.94. The smallest absolute Gasteiger partial charge is 0.408 e. The van der Waals surface area contributed by atoms with Crippen molar-refractivity contribution in [2.75, 3.05) is 0 Å². The van der Waals surface area contributed by atoms with Gasteiger partial charge in [0, 0.05) is 18.0 Å². The van der Waals surface area contributed by atoms with Gasteiger partial charge in [-0.2, -0.15) is 0 Å². The first kappa shape index (κ1) is 36.2. The molecular formula is C37H49N3O6. The van der Waals surface area contributed by atoms with Crippen LogP contribution in [0.15, 0.2) is 54.6 Å². The van der Waals surface area contributed by atoms with Crippen molar-refractivity contribution in [2.45, 2.75) is 116 Å². The van der Waals surface area contributed by atoms with Gasteiger partial charge in [0.15, 0.2) is 0 Å². The molecule has 0 aromatic heterocycles. The van der Waals surface area contributed by atoms with Crippen LogP contribution in [0.4, 0.5) is 4.79 Å². The van der Waals surface area contributed by atoms with Gasteiger partial charge in [-0.25, -0.2) is 9.59 Å². The second-order valence-corrected chi connectivity index (χ2v) is 14.2. The predicted molar refractivity (Wildman–Crippen MR) is 178 cm³/mol. The molecule has 1 aliphatic carbocycles. The van der Waals surface area contributed by atoms with Crippen molar-refractivity contribution in [1.29, 1.82) is 0 Å². The molecule has 1 aliphatic rings. The summed E-state index contributed by atoms with van der Waals surface area (Å²) in [6, 6.07) is 12.8. The van der Waals surface area contributed by atoms with E-state index in [2.05, 4.69) is 16.6 Å². The molecule has 2 aromatic carbocycles. The summed E-state index contributed by atoms with van der Waals surface area (Å²) in [6.07, 6.45) is 7.02. The van der Waals surface area contributed by atoms with Crippen LogP contribution in [0.2, 0.25) is 0 Å². The summed E-state index contributed by atoms with van der Waals surface area (Å²) in [7, 11) is 0. The zero-order valence-electron chi connectivity index (χ0n) is 28.4. The van der Waals surface area contributed by atoms with E-state index in [0.29, 0.717) is 30.4 Å². The molecule has 2 N–H and O–H groups in total. The highest BCUT2D eigenvalue weighted by Crippen LogP contribution is 2.37. The van der Waals surface area contributed by atoms with Crippen molar-refractivity contribution in [3.63, 3.8) is 0 Å². The van der Waals surface area contributed by atoms with Crippen LogP contribution in [0, 0.1) is 18.3 Å². The van der Waals surface area contributed by atoms with Gasteiger partial charge in [-0.05, 0) is 83.9 Å². The maximum absolute atomic E-state index is 14.5. The van der Waals surface area contributed by atoms with E-state index in [4.69, 9.17) is 15.9 Å². The van der Waals surface area contributed by atoms with Crippen LogP contribution in [0.1, 0.15) is 97.4 Å². The van der Waals surface area contributed by atoms with Crippen LogP contribution in [-0.4, -0.2) is 58.1 Å². The number of alkyl carbamates (subject to hydrolysis) is 1. The van der Waals surface area contributed by atoms with Gasteiger partial charge in [0.05, 0.1) is 0 Å². The third kappa shape index (κ3) is 10.9. The average molecular weight is 632 g/mol. The van der Waals surface area contributed by atoms with Crippen molar-refractivity contribution >= 4 is 23.9 Å². The van der Waals surface area contributed by atoms with Gasteiger partial charge in [-0.3, -0.25) is 9.59 Å². The topological polar surface area (TPSA) is 114 Å². The molecule has 0 bridgehead atoms. The normalized spacial score (nSPS) is 15.1. The Kier molecular flexibility index (Phi) is 12.0. The number of rotatable bonds is 12. The lowest BCUT2D eigenvalue weighted by atomic mass is 9.95. The summed E-state index contributed by atoms with van der Waals surface area (Å²) < 4.78 is 11.2. The standard InChI is InChI=1S/C37H49N3O6/c1-10-26-18-14-15-19-28(26)31(32(41)38-30(34(43)45-36(4,5)6)23-25-16-12-11-13-17-25)40(27-20-21-27)33(42)29(22-24(2)3)39-35(44)46-37(7,8)9/h1,11-19,24,27,29-31H,20-23H2,2-9H3,(H,38,41)(H,39,44). The maximum atomic E-state index is 14.5. The molecule has 0 aliphatic heterocycles. The Balaban J connectivity index is 2.07. The zero-order valence-corrected chi connectivity index (χ0v) is 28.4. The number of amides is 3. The molecule has 2 aromatic rings. The molecule has 0 saturated heterocycles. The van der Waals surface area contributed by atoms with E-state index in [-0.39, 0.29) is 18.4 Å². The van der Waals surface area contributed by atoms with Gasteiger partial charge < -0.3 is 25.0 Å². The number of carbonyl (C=O) groups excluding carboxylic acids is 4. The summed E-state index contributed by atoms with van der Waals surface area (Å²) in [5.74, 6) is 1.10. The van der Waals surface area contributed by atoms with Crippen LogP contribution in [0.3, 0.4) is 0 Å². The maximum Gasteiger partial charge on any atom is 0.408 e. The molecule has 9 nitrogen and oxygen atoms in total. The molecule has 248 valence electrons. The minimum Gasteiger partial charge on any atom is -0.458 e. The Bertz CT molecular complexity index is 1410. The molecule has 9 heteroatoms. The van der Waals surface area contributed by atoms with Gasteiger partial charge in [0.25, 0.3) is 0 Å². The fourth-order valence-corrected chi connectivity index (χ4v) is 5.14. The SMILES string of the molecule is C#Cc1ccccc1C(C(=O)NC(Cc1ccccc1)C(=O)OC(C)(C)C)N(C(=O)C(CC(C)C)NC(=O)OC(C)(C)C)C1CC1. The molecule has 3 amide bonds. The third-order valence-corrected chi connectivity index (χ3v) is 7.12. The van der Waals surface area contributed by atoms with E-state index in [1.165, 1.54) is 4.90 Å². The number of nitrogens with one attached hydrogen (secondary N) is 2. The molecule has 3 unspecified atom stereocenters. The number of nitrogens with zero attached hydrogens (tertiary/aromatic N) is 1. The first-order valence-corrected chi connectivity index (χ1v) is 15.9. The second-order valence-electron chi connectivity index (χ2n) is 14.2. The van der Waals surface area contributed by atoms with E-state index < -0.39 is 53.2 Å². The molecule has 1 saturated carbocycles.